The Balaban J connectivity index is 1.89. The summed E-state index contributed by atoms with van der Waals surface area (Å²) in [7, 11) is 3.34. The van der Waals surface area contributed by atoms with Crippen molar-refractivity contribution < 1.29 is 14.3 Å². The number of benzene rings is 2. The van der Waals surface area contributed by atoms with E-state index >= 15 is 0 Å². The van der Waals surface area contributed by atoms with Crippen LogP contribution in [-0.2, 0) is 22.6 Å². The van der Waals surface area contributed by atoms with E-state index in [1.165, 1.54) is 0 Å². The van der Waals surface area contributed by atoms with Crippen LogP contribution in [0.5, 0.6) is 5.75 Å². The third-order valence-corrected chi connectivity index (χ3v) is 4.80. The fourth-order valence-corrected chi connectivity index (χ4v) is 3.03. The number of nitrogens with zero attached hydrogens (tertiary/aromatic N) is 2. The number of carbonyl (C=O) groups excluding carboxylic acids is 1. The van der Waals surface area contributed by atoms with E-state index in [-0.39, 0.29) is 12.5 Å². The molecule has 0 spiro atoms. The summed E-state index contributed by atoms with van der Waals surface area (Å²) in [5.74, 6) is 1.40. The molecular formula is C24H34N4O3. The van der Waals surface area contributed by atoms with Crippen molar-refractivity contribution in [1.82, 2.24) is 15.5 Å². The van der Waals surface area contributed by atoms with E-state index in [1.807, 2.05) is 67.3 Å². The first-order chi connectivity index (χ1) is 15.1. The van der Waals surface area contributed by atoms with Crippen LogP contribution in [0.15, 0.2) is 53.5 Å². The second kappa shape index (κ2) is 13.3. The van der Waals surface area contributed by atoms with E-state index in [1.54, 1.807) is 14.2 Å². The minimum absolute atomic E-state index is 0.0215. The van der Waals surface area contributed by atoms with Crippen LogP contribution in [0.4, 0.5) is 0 Å². The Hall–Kier alpha value is -3.06. The summed E-state index contributed by atoms with van der Waals surface area (Å²) in [5.41, 5.74) is 3.25. The van der Waals surface area contributed by atoms with Gasteiger partial charge in [0.25, 0.3) is 0 Å². The van der Waals surface area contributed by atoms with Crippen LogP contribution in [0.3, 0.4) is 0 Å². The lowest BCUT2D eigenvalue weighted by molar-refractivity contribution is -0.130. The van der Waals surface area contributed by atoms with Gasteiger partial charge >= 0.3 is 0 Å². The third kappa shape index (κ3) is 8.30. The summed E-state index contributed by atoms with van der Waals surface area (Å²) in [6.45, 7) is 6.97. The number of guanidine groups is 1. The number of likely N-dealkylation sites (N-methyl/N-ethyl adjacent to an activating group) is 1. The zero-order chi connectivity index (χ0) is 22.5. The average Bonchev–Trinajstić information content (AvgIpc) is 2.79. The van der Waals surface area contributed by atoms with Crippen LogP contribution in [0, 0.1) is 6.92 Å². The molecule has 168 valence electrons. The summed E-state index contributed by atoms with van der Waals surface area (Å²) in [6, 6.07) is 16.1. The van der Waals surface area contributed by atoms with Crippen molar-refractivity contribution in [2.24, 2.45) is 4.99 Å². The molecule has 0 aromatic heterocycles. The molecule has 7 heteroatoms. The predicted molar refractivity (Wildman–Crippen MR) is 124 cm³/mol. The van der Waals surface area contributed by atoms with Gasteiger partial charge in [-0.25, -0.2) is 0 Å². The first-order valence-electron chi connectivity index (χ1n) is 10.5. The van der Waals surface area contributed by atoms with Crippen molar-refractivity contribution in [3.8, 4) is 5.75 Å². The lowest BCUT2D eigenvalue weighted by Crippen LogP contribution is -2.44. The van der Waals surface area contributed by atoms with Gasteiger partial charge in [0, 0.05) is 39.4 Å². The maximum absolute atomic E-state index is 12.7. The highest BCUT2D eigenvalue weighted by Gasteiger charge is 2.13. The third-order valence-electron chi connectivity index (χ3n) is 4.80. The summed E-state index contributed by atoms with van der Waals surface area (Å²) >= 11 is 0. The molecule has 0 unspecified atom stereocenters. The maximum atomic E-state index is 12.7. The van der Waals surface area contributed by atoms with E-state index in [9.17, 15) is 4.79 Å². The van der Waals surface area contributed by atoms with E-state index in [4.69, 9.17) is 9.47 Å². The molecular weight excluding hydrogens is 392 g/mol. The Morgan fingerprint density at radius 1 is 1.10 bits per heavy atom. The lowest BCUT2D eigenvalue weighted by Gasteiger charge is -2.22. The number of aryl methyl sites for hydroxylation is 1. The molecule has 2 aromatic rings. The molecule has 0 fully saturated rings. The van der Waals surface area contributed by atoms with Gasteiger partial charge in [0.2, 0.25) is 5.91 Å². The molecule has 0 radical (unpaired) electrons. The Kier molecular flexibility index (Phi) is 10.4. The van der Waals surface area contributed by atoms with Gasteiger partial charge in [-0.15, -0.1) is 0 Å². The van der Waals surface area contributed by atoms with Crippen LogP contribution in [0.2, 0.25) is 0 Å². The van der Waals surface area contributed by atoms with E-state index in [2.05, 4.69) is 15.6 Å². The Bertz CT molecular complexity index is 840. The standard InChI is InChI=1S/C24H34N4O3/c1-5-28(18-20-9-7-6-8-10-20)23(29)17-27-24(25-3)26-16-21-12-11-19(2)15-22(21)31-14-13-30-4/h6-12,15H,5,13-14,16-18H2,1-4H3,(H2,25,26,27). The number of ether oxygens (including phenoxy) is 2. The summed E-state index contributed by atoms with van der Waals surface area (Å²) in [4.78, 5) is 18.7. The number of rotatable bonds is 11. The van der Waals surface area contributed by atoms with Crippen molar-refractivity contribution in [1.29, 1.82) is 0 Å². The van der Waals surface area contributed by atoms with Crippen LogP contribution < -0.4 is 15.4 Å². The smallest absolute Gasteiger partial charge is 0.242 e. The van der Waals surface area contributed by atoms with Gasteiger partial charge in [0.15, 0.2) is 5.96 Å². The number of hydrogen-bond acceptors (Lipinski definition) is 4. The van der Waals surface area contributed by atoms with Gasteiger partial charge < -0.3 is 25.0 Å². The Labute approximate surface area is 185 Å². The normalized spacial score (nSPS) is 11.2. The van der Waals surface area contributed by atoms with Gasteiger partial charge in [-0.05, 0) is 31.0 Å². The lowest BCUT2D eigenvalue weighted by atomic mass is 10.1. The second-order valence-electron chi connectivity index (χ2n) is 7.13. The van der Waals surface area contributed by atoms with Gasteiger partial charge in [0.05, 0.1) is 13.2 Å². The second-order valence-corrected chi connectivity index (χ2v) is 7.13. The highest BCUT2D eigenvalue weighted by Crippen LogP contribution is 2.20. The predicted octanol–water partition coefficient (Wildman–Crippen LogP) is 2.73. The highest BCUT2D eigenvalue weighted by atomic mass is 16.5. The SMILES string of the molecule is CCN(Cc1ccccc1)C(=O)CNC(=NC)NCc1ccc(C)cc1OCCOC. The van der Waals surface area contributed by atoms with Gasteiger partial charge in [-0.2, -0.15) is 0 Å². The number of methoxy groups -OCH3 is 1. The number of nitrogens with one attached hydrogen (secondary N) is 2. The molecule has 0 aliphatic rings. The summed E-state index contributed by atoms with van der Waals surface area (Å²) < 4.78 is 10.9. The maximum Gasteiger partial charge on any atom is 0.242 e. The van der Waals surface area contributed by atoms with Crippen LogP contribution in [-0.4, -0.2) is 57.2 Å². The monoisotopic (exact) mass is 426 g/mol. The fourth-order valence-electron chi connectivity index (χ4n) is 3.03. The van der Waals surface area contributed by atoms with E-state index < -0.39 is 0 Å². The molecule has 0 heterocycles. The number of amides is 1. The largest absolute Gasteiger partial charge is 0.491 e. The Morgan fingerprint density at radius 3 is 2.55 bits per heavy atom. The van der Waals surface area contributed by atoms with Crippen molar-refractivity contribution in [2.75, 3.05) is 40.5 Å². The fraction of sp³-hybridized carbons (Fsp3) is 0.417. The van der Waals surface area contributed by atoms with E-state index in [0.717, 1.165) is 22.4 Å². The molecule has 31 heavy (non-hydrogen) atoms. The number of hydrogen-bond donors (Lipinski definition) is 2. The molecule has 0 aliphatic carbocycles. The molecule has 2 N–H and O–H groups in total. The van der Waals surface area contributed by atoms with Crippen molar-refractivity contribution >= 4 is 11.9 Å². The molecule has 1 amide bonds. The van der Waals surface area contributed by atoms with Gasteiger partial charge in [-0.1, -0.05) is 42.5 Å². The minimum Gasteiger partial charge on any atom is -0.491 e. The average molecular weight is 427 g/mol. The van der Waals surface area contributed by atoms with Crippen molar-refractivity contribution in [2.45, 2.75) is 26.9 Å². The first-order valence-corrected chi connectivity index (χ1v) is 10.5. The molecule has 2 rings (SSSR count). The molecule has 7 nitrogen and oxygen atoms in total. The summed E-state index contributed by atoms with van der Waals surface area (Å²) in [5, 5.41) is 6.36. The first kappa shape index (κ1) is 24.2. The number of carbonyl (C=O) groups is 1. The Morgan fingerprint density at radius 2 is 1.87 bits per heavy atom. The molecule has 0 atom stereocenters. The topological polar surface area (TPSA) is 75.2 Å². The molecule has 0 saturated carbocycles. The van der Waals surface area contributed by atoms with Crippen LogP contribution in [0.1, 0.15) is 23.6 Å². The summed E-state index contributed by atoms with van der Waals surface area (Å²) in [6.07, 6.45) is 0. The molecule has 0 bridgehead atoms. The minimum atomic E-state index is 0.0215. The zero-order valence-corrected chi connectivity index (χ0v) is 19.0. The van der Waals surface area contributed by atoms with Crippen molar-refractivity contribution in [3.63, 3.8) is 0 Å². The number of aliphatic imine (C=N–C) groups is 1. The van der Waals surface area contributed by atoms with E-state index in [0.29, 0.717) is 38.8 Å². The van der Waals surface area contributed by atoms with Crippen molar-refractivity contribution in [3.05, 3.63) is 65.2 Å². The molecule has 0 aliphatic heterocycles. The zero-order valence-electron chi connectivity index (χ0n) is 19.0. The molecule has 2 aromatic carbocycles. The van der Waals surface area contributed by atoms with Gasteiger partial charge in [0.1, 0.15) is 12.4 Å². The van der Waals surface area contributed by atoms with Crippen LogP contribution in [0.25, 0.3) is 0 Å². The highest BCUT2D eigenvalue weighted by molar-refractivity contribution is 5.86. The quantitative estimate of drug-likeness (QED) is 0.328. The molecule has 0 saturated heterocycles. The van der Waals surface area contributed by atoms with Crippen LogP contribution >= 0.6 is 0 Å². The van der Waals surface area contributed by atoms with Gasteiger partial charge in [-0.3, -0.25) is 9.79 Å².